The van der Waals surface area contributed by atoms with Gasteiger partial charge in [-0.05, 0) is 44.4 Å². The molecule has 1 aliphatic heterocycles. The minimum Gasteiger partial charge on any atom is -0.357 e. The average Bonchev–Trinajstić information content (AvgIpc) is 3.05. The number of hydrogen-bond donors (Lipinski definition) is 1. The summed E-state index contributed by atoms with van der Waals surface area (Å²) in [5, 5.41) is 3.75. The molecule has 3 fully saturated rings. The number of nitrogens with one attached hydrogen (secondary N) is 1. The Morgan fingerprint density at radius 3 is 2.31 bits per heavy atom. The van der Waals surface area contributed by atoms with Crippen molar-refractivity contribution in [2.24, 2.45) is 11.3 Å². The molecule has 3 rings (SSSR count). The summed E-state index contributed by atoms with van der Waals surface area (Å²) in [5.41, 5.74) is 0.567. The zero-order chi connectivity index (χ0) is 11.2. The first-order valence-corrected chi connectivity index (χ1v) is 7.09. The monoisotopic (exact) mass is 223 g/mol. The Hall–Kier alpha value is -0.0800. The molecule has 2 spiro atoms. The molecule has 3 aliphatic rings. The van der Waals surface area contributed by atoms with Crippen molar-refractivity contribution in [3.8, 4) is 0 Å². The van der Waals surface area contributed by atoms with Crippen molar-refractivity contribution in [1.82, 2.24) is 5.32 Å². The van der Waals surface area contributed by atoms with Crippen molar-refractivity contribution >= 4 is 0 Å². The van der Waals surface area contributed by atoms with Crippen LogP contribution in [0.25, 0.3) is 0 Å². The van der Waals surface area contributed by atoms with Gasteiger partial charge in [-0.1, -0.05) is 20.3 Å². The van der Waals surface area contributed by atoms with Gasteiger partial charge in [0.25, 0.3) is 0 Å². The van der Waals surface area contributed by atoms with Gasteiger partial charge in [0.1, 0.15) is 5.72 Å². The van der Waals surface area contributed by atoms with E-state index in [0.717, 1.165) is 0 Å². The van der Waals surface area contributed by atoms with Gasteiger partial charge in [-0.3, -0.25) is 5.32 Å². The van der Waals surface area contributed by atoms with Crippen molar-refractivity contribution in [3.05, 3.63) is 0 Å². The summed E-state index contributed by atoms with van der Waals surface area (Å²) in [4.78, 5) is 0. The van der Waals surface area contributed by atoms with E-state index in [2.05, 4.69) is 19.2 Å². The van der Waals surface area contributed by atoms with E-state index in [1.165, 1.54) is 51.5 Å². The van der Waals surface area contributed by atoms with Crippen LogP contribution in [-0.4, -0.2) is 18.4 Å². The lowest BCUT2D eigenvalue weighted by atomic mass is 9.83. The van der Waals surface area contributed by atoms with Gasteiger partial charge in [-0.2, -0.15) is 0 Å². The molecule has 2 saturated carbocycles. The van der Waals surface area contributed by atoms with Gasteiger partial charge in [-0.25, -0.2) is 0 Å². The normalized spacial score (nSPS) is 35.8. The largest absolute Gasteiger partial charge is 0.357 e. The fourth-order valence-electron chi connectivity index (χ4n) is 3.73. The van der Waals surface area contributed by atoms with Crippen molar-refractivity contribution in [3.63, 3.8) is 0 Å². The number of ether oxygens (including phenoxy) is 1. The highest BCUT2D eigenvalue weighted by molar-refractivity contribution is 5.07. The van der Waals surface area contributed by atoms with Crippen LogP contribution in [-0.2, 0) is 4.74 Å². The van der Waals surface area contributed by atoms with Gasteiger partial charge in [0, 0.05) is 12.0 Å². The maximum absolute atomic E-state index is 6.54. The van der Waals surface area contributed by atoms with Gasteiger partial charge < -0.3 is 4.74 Å². The highest BCUT2D eigenvalue weighted by Crippen LogP contribution is 2.55. The maximum Gasteiger partial charge on any atom is 0.119 e. The van der Waals surface area contributed by atoms with E-state index in [-0.39, 0.29) is 5.72 Å². The molecule has 1 N–H and O–H groups in total. The molecule has 0 aromatic rings. The van der Waals surface area contributed by atoms with Crippen LogP contribution in [0.5, 0.6) is 0 Å². The fraction of sp³-hybridized carbons (Fsp3) is 1.00. The summed E-state index contributed by atoms with van der Waals surface area (Å²) in [6.07, 6.45) is 9.78. The van der Waals surface area contributed by atoms with Crippen LogP contribution in [0.2, 0.25) is 0 Å². The van der Waals surface area contributed by atoms with Gasteiger partial charge in [0.2, 0.25) is 0 Å². The van der Waals surface area contributed by atoms with E-state index in [1.54, 1.807) is 0 Å². The van der Waals surface area contributed by atoms with Crippen molar-refractivity contribution in [2.75, 3.05) is 6.54 Å². The van der Waals surface area contributed by atoms with Crippen LogP contribution in [0, 0.1) is 11.3 Å². The van der Waals surface area contributed by atoms with Gasteiger partial charge in [0.05, 0.1) is 6.10 Å². The highest BCUT2D eigenvalue weighted by atomic mass is 16.5. The molecule has 1 unspecified atom stereocenters. The third-order valence-corrected chi connectivity index (χ3v) is 4.88. The van der Waals surface area contributed by atoms with Crippen molar-refractivity contribution in [2.45, 2.75) is 70.6 Å². The molecule has 0 aromatic heterocycles. The van der Waals surface area contributed by atoms with Crippen LogP contribution < -0.4 is 5.32 Å². The second-order valence-corrected chi connectivity index (χ2v) is 6.55. The Balaban J connectivity index is 1.75. The lowest BCUT2D eigenvalue weighted by molar-refractivity contribution is -0.200. The zero-order valence-electron chi connectivity index (χ0n) is 10.7. The van der Waals surface area contributed by atoms with Crippen LogP contribution in [0.3, 0.4) is 0 Å². The first-order chi connectivity index (χ1) is 7.66. The second-order valence-electron chi connectivity index (χ2n) is 6.55. The maximum atomic E-state index is 6.54. The van der Waals surface area contributed by atoms with Crippen LogP contribution in [0.4, 0.5) is 0 Å². The molecule has 1 heterocycles. The molecular formula is C14H25NO. The van der Waals surface area contributed by atoms with Crippen LogP contribution in [0.1, 0.15) is 58.8 Å². The zero-order valence-corrected chi connectivity index (χ0v) is 10.7. The molecule has 1 saturated heterocycles. The van der Waals surface area contributed by atoms with E-state index in [4.69, 9.17) is 4.74 Å². The fourth-order valence-corrected chi connectivity index (χ4v) is 3.73. The van der Waals surface area contributed by atoms with Crippen LogP contribution in [0.15, 0.2) is 0 Å². The van der Waals surface area contributed by atoms with Gasteiger partial charge in [0.15, 0.2) is 0 Å². The smallest absolute Gasteiger partial charge is 0.119 e. The molecule has 1 atom stereocenters. The summed E-state index contributed by atoms with van der Waals surface area (Å²) in [7, 11) is 0. The molecule has 2 heteroatoms. The Morgan fingerprint density at radius 1 is 1.06 bits per heavy atom. The SMILES string of the molecule is CC(C)C1OC2(CCCCC2)NCC12CC2. The van der Waals surface area contributed by atoms with Crippen molar-refractivity contribution in [1.29, 1.82) is 0 Å². The topological polar surface area (TPSA) is 21.3 Å². The lowest BCUT2D eigenvalue weighted by Crippen LogP contribution is -2.61. The van der Waals surface area contributed by atoms with E-state index < -0.39 is 0 Å². The molecule has 0 aromatic carbocycles. The Labute approximate surface area is 99.1 Å². The molecule has 0 amide bonds. The molecule has 92 valence electrons. The Bertz CT molecular complexity index is 264. The molecule has 0 bridgehead atoms. The number of rotatable bonds is 1. The highest BCUT2D eigenvalue weighted by Gasteiger charge is 2.57. The van der Waals surface area contributed by atoms with E-state index in [9.17, 15) is 0 Å². The summed E-state index contributed by atoms with van der Waals surface area (Å²) in [6, 6.07) is 0. The van der Waals surface area contributed by atoms with Crippen LogP contribution >= 0.6 is 0 Å². The average molecular weight is 223 g/mol. The summed E-state index contributed by atoms with van der Waals surface area (Å²) >= 11 is 0. The third-order valence-electron chi connectivity index (χ3n) is 4.88. The second kappa shape index (κ2) is 3.71. The minimum absolute atomic E-state index is 0.0566. The molecule has 2 aliphatic carbocycles. The summed E-state index contributed by atoms with van der Waals surface area (Å²) in [5.74, 6) is 0.670. The van der Waals surface area contributed by atoms with Crippen molar-refractivity contribution < 1.29 is 4.74 Å². The van der Waals surface area contributed by atoms with Gasteiger partial charge in [-0.15, -0.1) is 0 Å². The number of hydrogen-bond acceptors (Lipinski definition) is 2. The summed E-state index contributed by atoms with van der Waals surface area (Å²) < 4.78 is 6.54. The third kappa shape index (κ3) is 1.70. The predicted octanol–water partition coefficient (Wildman–Crippen LogP) is 3.07. The minimum atomic E-state index is 0.0566. The van der Waals surface area contributed by atoms with E-state index in [0.29, 0.717) is 17.4 Å². The summed E-state index contributed by atoms with van der Waals surface area (Å²) in [6.45, 7) is 5.86. The molecule has 0 radical (unpaired) electrons. The molecular weight excluding hydrogens is 198 g/mol. The van der Waals surface area contributed by atoms with E-state index in [1.807, 2.05) is 0 Å². The first-order valence-electron chi connectivity index (χ1n) is 7.09. The first kappa shape index (κ1) is 11.0. The quantitative estimate of drug-likeness (QED) is 0.737. The molecule has 2 nitrogen and oxygen atoms in total. The van der Waals surface area contributed by atoms with Gasteiger partial charge >= 0.3 is 0 Å². The molecule has 16 heavy (non-hydrogen) atoms. The predicted molar refractivity (Wildman–Crippen MR) is 65.2 cm³/mol. The van der Waals surface area contributed by atoms with E-state index >= 15 is 0 Å². The Kier molecular flexibility index (Phi) is 2.56. The lowest BCUT2D eigenvalue weighted by Gasteiger charge is -2.49. The standard InChI is InChI=1S/C14H25NO/c1-11(2)12-13(8-9-13)10-15-14(16-12)6-4-3-5-7-14/h11-12,15H,3-10H2,1-2H3. The Morgan fingerprint density at radius 2 is 1.75 bits per heavy atom.